The summed E-state index contributed by atoms with van der Waals surface area (Å²) in [7, 11) is 0. The van der Waals surface area contributed by atoms with Crippen LogP contribution in [0.4, 0.5) is 10.5 Å². The second-order valence-corrected chi connectivity index (χ2v) is 3.31. The van der Waals surface area contributed by atoms with Gasteiger partial charge in [-0.2, -0.15) is 0 Å². The maximum absolute atomic E-state index is 11.4. The molecule has 0 bridgehead atoms. The van der Waals surface area contributed by atoms with E-state index in [1.807, 2.05) is 0 Å². The van der Waals surface area contributed by atoms with Crippen molar-refractivity contribution < 1.29 is 24.5 Å². The van der Waals surface area contributed by atoms with Crippen LogP contribution in [0.3, 0.4) is 0 Å². The number of nitrogens with zero attached hydrogens (tertiary/aromatic N) is 1. The molecule has 0 aliphatic carbocycles. The number of carbonyl (C=O) groups is 2. The van der Waals surface area contributed by atoms with Crippen molar-refractivity contribution in [1.82, 2.24) is 0 Å². The topological polar surface area (TPSA) is 87.1 Å². The van der Waals surface area contributed by atoms with Crippen molar-refractivity contribution in [1.29, 1.82) is 0 Å². The van der Waals surface area contributed by atoms with Crippen LogP contribution >= 0.6 is 0 Å². The van der Waals surface area contributed by atoms with Gasteiger partial charge in [0, 0.05) is 0 Å². The molecule has 1 saturated heterocycles. The van der Waals surface area contributed by atoms with Gasteiger partial charge >= 0.3 is 12.1 Å². The van der Waals surface area contributed by atoms with Crippen LogP contribution in [0.5, 0.6) is 5.75 Å². The third-order valence-electron chi connectivity index (χ3n) is 2.26. The molecule has 1 fully saturated rings. The van der Waals surface area contributed by atoms with E-state index in [-0.39, 0.29) is 18.0 Å². The predicted molar refractivity (Wildman–Crippen MR) is 53.4 cm³/mol. The van der Waals surface area contributed by atoms with Crippen molar-refractivity contribution in [2.45, 2.75) is 6.10 Å². The second kappa shape index (κ2) is 3.73. The number of para-hydroxylation sites is 2. The summed E-state index contributed by atoms with van der Waals surface area (Å²) in [5.74, 6) is -1.29. The summed E-state index contributed by atoms with van der Waals surface area (Å²) in [5.41, 5.74) is 0.247. The quantitative estimate of drug-likeness (QED) is 0.774. The molecule has 2 N–H and O–H groups in total. The lowest BCUT2D eigenvalue weighted by atomic mass is 10.2. The molecule has 16 heavy (non-hydrogen) atoms. The van der Waals surface area contributed by atoms with E-state index in [2.05, 4.69) is 4.74 Å². The molecule has 1 heterocycles. The molecule has 0 radical (unpaired) electrons. The molecule has 2 rings (SSSR count). The van der Waals surface area contributed by atoms with E-state index >= 15 is 0 Å². The van der Waals surface area contributed by atoms with Gasteiger partial charge in [-0.25, -0.2) is 9.59 Å². The lowest BCUT2D eigenvalue weighted by molar-refractivity contribution is -0.144. The van der Waals surface area contributed by atoms with Crippen molar-refractivity contribution in [3.05, 3.63) is 24.3 Å². The Kier molecular flexibility index (Phi) is 2.40. The zero-order valence-corrected chi connectivity index (χ0v) is 8.16. The molecule has 1 aromatic carbocycles. The number of hydrogen-bond donors (Lipinski definition) is 2. The van der Waals surface area contributed by atoms with E-state index in [1.54, 1.807) is 12.1 Å². The van der Waals surface area contributed by atoms with Crippen molar-refractivity contribution in [2.24, 2.45) is 0 Å². The first kappa shape index (κ1) is 10.3. The number of rotatable bonds is 2. The highest BCUT2D eigenvalue weighted by atomic mass is 16.6. The van der Waals surface area contributed by atoms with Gasteiger partial charge in [0.2, 0.25) is 6.10 Å². The van der Waals surface area contributed by atoms with Crippen LogP contribution in [0.15, 0.2) is 24.3 Å². The Balaban J connectivity index is 2.27. The molecule has 0 unspecified atom stereocenters. The number of anilines is 1. The number of aliphatic carboxylic acids is 1. The Morgan fingerprint density at radius 2 is 2.12 bits per heavy atom. The first-order chi connectivity index (χ1) is 7.59. The fourth-order valence-corrected chi connectivity index (χ4v) is 1.48. The molecular weight excluding hydrogens is 214 g/mol. The van der Waals surface area contributed by atoms with Gasteiger partial charge in [-0.05, 0) is 12.1 Å². The number of phenolic OH excluding ortho intramolecular Hbond substituents is 1. The van der Waals surface area contributed by atoms with Gasteiger partial charge < -0.3 is 14.9 Å². The average Bonchev–Trinajstić information content (AvgIpc) is 2.61. The molecule has 0 aromatic heterocycles. The Labute approximate surface area is 90.7 Å². The van der Waals surface area contributed by atoms with E-state index in [4.69, 9.17) is 5.11 Å². The fourth-order valence-electron chi connectivity index (χ4n) is 1.48. The van der Waals surface area contributed by atoms with Gasteiger partial charge in [-0.3, -0.25) is 4.90 Å². The fraction of sp³-hybridized carbons (Fsp3) is 0.200. The number of aromatic hydroxyl groups is 1. The Morgan fingerprint density at radius 1 is 1.44 bits per heavy atom. The molecule has 6 heteroatoms. The molecule has 0 spiro atoms. The monoisotopic (exact) mass is 223 g/mol. The minimum absolute atomic E-state index is 0.0921. The SMILES string of the molecule is O=C(O)[C@H]1CN(c2ccccc2O)C(=O)O1. The second-order valence-electron chi connectivity index (χ2n) is 3.31. The van der Waals surface area contributed by atoms with Gasteiger partial charge in [-0.15, -0.1) is 0 Å². The maximum Gasteiger partial charge on any atom is 0.415 e. The van der Waals surface area contributed by atoms with Gasteiger partial charge in [-0.1, -0.05) is 12.1 Å². The molecule has 1 amide bonds. The van der Waals surface area contributed by atoms with Crippen molar-refractivity contribution in [3.8, 4) is 5.75 Å². The number of hydrogen-bond acceptors (Lipinski definition) is 4. The third kappa shape index (κ3) is 1.65. The number of cyclic esters (lactones) is 1. The number of benzene rings is 1. The van der Waals surface area contributed by atoms with Crippen LogP contribution < -0.4 is 4.90 Å². The largest absolute Gasteiger partial charge is 0.506 e. The standard InChI is InChI=1S/C10H9NO5/c12-7-4-2-1-3-6(7)11-5-8(9(13)14)16-10(11)15/h1-4,8,12H,5H2,(H,13,14)/t8-/m1/s1. The Bertz CT molecular complexity index is 445. The van der Waals surface area contributed by atoms with Crippen LogP contribution in [-0.4, -0.2) is 34.9 Å². The van der Waals surface area contributed by atoms with Gasteiger partial charge in [0.05, 0.1) is 12.2 Å². The molecular formula is C10H9NO5. The molecule has 6 nitrogen and oxygen atoms in total. The predicted octanol–water partition coefficient (Wildman–Crippen LogP) is 0.802. The van der Waals surface area contributed by atoms with E-state index in [0.29, 0.717) is 0 Å². The smallest absolute Gasteiger partial charge is 0.415 e. The summed E-state index contributed by atoms with van der Waals surface area (Å²) in [6.45, 7) is -0.105. The minimum Gasteiger partial charge on any atom is -0.506 e. The van der Waals surface area contributed by atoms with Gasteiger partial charge in [0.1, 0.15) is 5.75 Å². The Morgan fingerprint density at radius 3 is 2.69 bits per heavy atom. The highest BCUT2D eigenvalue weighted by molar-refractivity contribution is 5.95. The summed E-state index contributed by atoms with van der Waals surface area (Å²) < 4.78 is 4.62. The lowest BCUT2D eigenvalue weighted by Gasteiger charge is -2.13. The molecule has 1 aromatic rings. The highest BCUT2D eigenvalue weighted by Crippen LogP contribution is 2.29. The first-order valence-electron chi connectivity index (χ1n) is 4.58. The zero-order chi connectivity index (χ0) is 11.7. The summed E-state index contributed by atoms with van der Waals surface area (Å²) >= 11 is 0. The number of phenols is 1. The molecule has 0 saturated carbocycles. The van der Waals surface area contributed by atoms with Gasteiger partial charge in [0.25, 0.3) is 0 Å². The van der Waals surface area contributed by atoms with E-state index < -0.39 is 18.2 Å². The van der Waals surface area contributed by atoms with Crippen molar-refractivity contribution in [3.63, 3.8) is 0 Å². The number of carboxylic acid groups (broad SMARTS) is 1. The van der Waals surface area contributed by atoms with E-state index in [0.717, 1.165) is 4.90 Å². The molecule has 1 aliphatic rings. The van der Waals surface area contributed by atoms with E-state index in [1.165, 1.54) is 12.1 Å². The van der Waals surface area contributed by atoms with Gasteiger partial charge in [0.15, 0.2) is 0 Å². The summed E-state index contributed by atoms with van der Waals surface area (Å²) in [5, 5.41) is 18.2. The van der Waals surface area contributed by atoms with Crippen LogP contribution in [-0.2, 0) is 9.53 Å². The number of amides is 1. The number of ether oxygens (including phenoxy) is 1. The Hall–Kier alpha value is -2.24. The maximum atomic E-state index is 11.4. The van der Waals surface area contributed by atoms with E-state index in [9.17, 15) is 14.7 Å². The zero-order valence-electron chi connectivity index (χ0n) is 8.16. The summed E-state index contributed by atoms with van der Waals surface area (Å²) in [4.78, 5) is 23.1. The number of carbonyl (C=O) groups excluding carboxylic acids is 1. The minimum atomic E-state index is -1.20. The lowest BCUT2D eigenvalue weighted by Crippen LogP contribution is -2.27. The molecule has 1 atom stereocenters. The summed E-state index contributed by atoms with van der Waals surface area (Å²) in [6.07, 6.45) is -1.96. The van der Waals surface area contributed by atoms with Crippen LogP contribution in [0, 0.1) is 0 Å². The molecule has 84 valence electrons. The van der Waals surface area contributed by atoms with Crippen LogP contribution in [0.2, 0.25) is 0 Å². The van der Waals surface area contributed by atoms with Crippen LogP contribution in [0.25, 0.3) is 0 Å². The van der Waals surface area contributed by atoms with Crippen LogP contribution in [0.1, 0.15) is 0 Å². The normalized spacial score (nSPS) is 19.6. The molecule has 1 aliphatic heterocycles. The van der Waals surface area contributed by atoms with Crippen molar-refractivity contribution in [2.75, 3.05) is 11.4 Å². The highest BCUT2D eigenvalue weighted by Gasteiger charge is 2.37. The first-order valence-corrected chi connectivity index (χ1v) is 4.58. The average molecular weight is 223 g/mol. The number of carboxylic acids is 1. The van der Waals surface area contributed by atoms with Crippen molar-refractivity contribution >= 4 is 17.7 Å². The summed E-state index contributed by atoms with van der Waals surface area (Å²) in [6, 6.07) is 6.17. The third-order valence-corrected chi connectivity index (χ3v) is 2.26.